The van der Waals surface area contributed by atoms with Gasteiger partial charge in [0.25, 0.3) is 0 Å². The van der Waals surface area contributed by atoms with Crippen LogP contribution in [0.2, 0.25) is 0 Å². The average Bonchev–Trinajstić information content (AvgIpc) is 2.45. The van der Waals surface area contributed by atoms with E-state index in [-0.39, 0.29) is 13.0 Å². The quantitative estimate of drug-likeness (QED) is 0.552. The zero-order valence-electron chi connectivity index (χ0n) is 14.4. The lowest BCUT2D eigenvalue weighted by atomic mass is 10.1. The molecule has 0 unspecified atom stereocenters. The Hall–Kier alpha value is -2.12. The summed E-state index contributed by atoms with van der Waals surface area (Å²) in [5.41, 5.74) is 5.94. The summed E-state index contributed by atoms with van der Waals surface area (Å²) in [6, 6.07) is 8.49. The number of carbonyl (C=O) groups is 2. The van der Waals surface area contributed by atoms with Crippen molar-refractivity contribution in [2.45, 2.75) is 51.4 Å². The first kappa shape index (κ1) is 19.9. The molecule has 134 valence electrons. The van der Waals surface area contributed by atoms with E-state index in [0.717, 1.165) is 5.56 Å². The van der Waals surface area contributed by atoms with Crippen molar-refractivity contribution >= 4 is 12.0 Å². The van der Waals surface area contributed by atoms with Crippen molar-refractivity contribution in [1.29, 1.82) is 0 Å². The topological polar surface area (TPSA) is 114 Å². The normalized spacial score (nSPS) is 13.7. The van der Waals surface area contributed by atoms with Crippen molar-refractivity contribution in [1.82, 2.24) is 10.6 Å². The average molecular weight is 337 g/mol. The van der Waals surface area contributed by atoms with Gasteiger partial charge in [-0.25, -0.2) is 4.79 Å². The molecule has 0 aliphatic heterocycles. The second kappa shape index (κ2) is 9.24. The lowest BCUT2D eigenvalue weighted by Gasteiger charge is -2.24. The molecule has 2 amide bonds. The Morgan fingerprint density at radius 1 is 1.21 bits per heavy atom. The predicted octanol–water partition coefficient (Wildman–Crippen LogP) is 0.906. The molecule has 0 fully saturated rings. The van der Waals surface area contributed by atoms with E-state index in [9.17, 15) is 9.59 Å². The molecule has 0 saturated heterocycles. The Balaban J connectivity index is 2.78. The van der Waals surface area contributed by atoms with Gasteiger partial charge < -0.3 is 26.2 Å². The summed E-state index contributed by atoms with van der Waals surface area (Å²) >= 11 is 0. The van der Waals surface area contributed by atoms with Gasteiger partial charge in [0.15, 0.2) is 0 Å². The number of aliphatic hydroxyl groups is 1. The van der Waals surface area contributed by atoms with Gasteiger partial charge in [0, 0.05) is 19.4 Å². The highest BCUT2D eigenvalue weighted by atomic mass is 16.6. The van der Waals surface area contributed by atoms with Crippen LogP contribution < -0.4 is 16.4 Å². The number of aliphatic hydroxyl groups excluding tert-OH is 1. The highest BCUT2D eigenvalue weighted by Gasteiger charge is 2.25. The van der Waals surface area contributed by atoms with Crippen molar-refractivity contribution in [3.8, 4) is 0 Å². The first-order valence-electron chi connectivity index (χ1n) is 7.91. The van der Waals surface area contributed by atoms with E-state index in [4.69, 9.17) is 15.6 Å². The van der Waals surface area contributed by atoms with Crippen LogP contribution in [0, 0.1) is 0 Å². The fraction of sp³-hybridized carbons (Fsp3) is 0.529. The molecule has 1 aromatic rings. The molecule has 5 N–H and O–H groups in total. The number of nitrogens with two attached hydrogens (primary N) is 1. The third-order valence-electron chi connectivity index (χ3n) is 3.06. The maximum Gasteiger partial charge on any atom is 0.408 e. The van der Waals surface area contributed by atoms with Crippen molar-refractivity contribution in [2.24, 2.45) is 5.73 Å². The SMILES string of the molecule is CC(C)(C)OC(=O)N[C@@H](Cc1ccccc1)C(=O)N[C@H](N)CCO. The van der Waals surface area contributed by atoms with Gasteiger partial charge in [0.05, 0.1) is 6.17 Å². The maximum absolute atomic E-state index is 12.4. The standard InChI is InChI=1S/C17H27N3O4/c1-17(2,3)24-16(23)19-13(11-12-7-5-4-6-8-12)15(22)20-14(18)9-10-21/h4-8,13-14,21H,9-11,18H2,1-3H3,(H,19,23)(H,20,22)/t13-,14-/m0/s1. The minimum Gasteiger partial charge on any atom is -0.444 e. The van der Waals surface area contributed by atoms with E-state index in [0.29, 0.717) is 6.42 Å². The molecule has 7 heteroatoms. The zero-order chi connectivity index (χ0) is 18.2. The summed E-state index contributed by atoms with van der Waals surface area (Å²) in [7, 11) is 0. The molecule has 0 aliphatic carbocycles. The summed E-state index contributed by atoms with van der Waals surface area (Å²) in [6.07, 6.45) is -0.816. The summed E-state index contributed by atoms with van der Waals surface area (Å²) in [6.45, 7) is 5.10. The fourth-order valence-corrected chi connectivity index (χ4v) is 2.00. The summed E-state index contributed by atoms with van der Waals surface area (Å²) < 4.78 is 5.21. The number of alkyl carbamates (subject to hydrolysis) is 1. The van der Waals surface area contributed by atoms with Crippen molar-refractivity contribution < 1.29 is 19.4 Å². The van der Waals surface area contributed by atoms with Gasteiger partial charge in [0.2, 0.25) is 5.91 Å². The van der Waals surface area contributed by atoms with Crippen molar-refractivity contribution in [3.05, 3.63) is 35.9 Å². The molecule has 0 saturated carbocycles. The minimum atomic E-state index is -0.827. The Kier molecular flexibility index (Phi) is 7.67. The number of carbonyl (C=O) groups excluding carboxylic acids is 2. The van der Waals surface area contributed by atoms with Gasteiger partial charge >= 0.3 is 6.09 Å². The summed E-state index contributed by atoms with van der Waals surface area (Å²) in [5, 5.41) is 14.0. The molecule has 0 radical (unpaired) electrons. The lowest BCUT2D eigenvalue weighted by molar-refractivity contribution is -0.124. The van der Waals surface area contributed by atoms with Crippen LogP contribution in [0.1, 0.15) is 32.8 Å². The van der Waals surface area contributed by atoms with E-state index in [1.807, 2.05) is 30.3 Å². The largest absolute Gasteiger partial charge is 0.444 e. The van der Waals surface area contributed by atoms with Crippen LogP contribution in [-0.2, 0) is 16.0 Å². The number of amides is 2. The molecule has 1 aromatic carbocycles. The maximum atomic E-state index is 12.4. The van der Waals surface area contributed by atoms with Crippen LogP contribution in [-0.4, -0.2) is 41.5 Å². The van der Waals surface area contributed by atoms with Gasteiger partial charge in [-0.2, -0.15) is 0 Å². The molecule has 0 heterocycles. The number of hydrogen-bond acceptors (Lipinski definition) is 5. The van der Waals surface area contributed by atoms with Crippen LogP contribution in [0.5, 0.6) is 0 Å². The molecular formula is C17H27N3O4. The molecule has 1 rings (SSSR count). The summed E-state index contributed by atoms with van der Waals surface area (Å²) in [4.78, 5) is 24.4. The van der Waals surface area contributed by atoms with Gasteiger partial charge in [-0.3, -0.25) is 4.79 Å². The van der Waals surface area contributed by atoms with Crippen molar-refractivity contribution in [3.63, 3.8) is 0 Å². The summed E-state index contributed by atoms with van der Waals surface area (Å²) in [5.74, 6) is -0.425. The van der Waals surface area contributed by atoms with E-state index in [2.05, 4.69) is 10.6 Å². The van der Waals surface area contributed by atoms with Gasteiger partial charge in [-0.15, -0.1) is 0 Å². The van der Waals surface area contributed by atoms with E-state index in [1.165, 1.54) is 0 Å². The molecule has 0 spiro atoms. The van der Waals surface area contributed by atoms with E-state index < -0.39 is 29.8 Å². The highest BCUT2D eigenvalue weighted by molar-refractivity contribution is 5.86. The fourth-order valence-electron chi connectivity index (χ4n) is 2.00. The molecule has 0 bridgehead atoms. The van der Waals surface area contributed by atoms with Gasteiger partial charge in [-0.05, 0) is 26.3 Å². The lowest BCUT2D eigenvalue weighted by Crippen LogP contribution is -2.53. The number of hydrogen-bond donors (Lipinski definition) is 4. The number of rotatable bonds is 7. The third-order valence-corrected chi connectivity index (χ3v) is 3.06. The van der Waals surface area contributed by atoms with Gasteiger partial charge in [0.1, 0.15) is 11.6 Å². The van der Waals surface area contributed by atoms with Crippen LogP contribution in [0.15, 0.2) is 30.3 Å². The van der Waals surface area contributed by atoms with Crippen LogP contribution in [0.3, 0.4) is 0 Å². The Bertz CT molecular complexity index is 528. The monoisotopic (exact) mass is 337 g/mol. The Morgan fingerprint density at radius 2 is 1.83 bits per heavy atom. The molecular weight excluding hydrogens is 310 g/mol. The predicted molar refractivity (Wildman–Crippen MR) is 91.1 cm³/mol. The first-order chi connectivity index (χ1) is 11.2. The van der Waals surface area contributed by atoms with Crippen molar-refractivity contribution in [2.75, 3.05) is 6.61 Å². The Morgan fingerprint density at radius 3 is 2.38 bits per heavy atom. The molecule has 2 atom stereocenters. The van der Waals surface area contributed by atoms with Gasteiger partial charge in [-0.1, -0.05) is 30.3 Å². The van der Waals surface area contributed by atoms with Crippen LogP contribution in [0.25, 0.3) is 0 Å². The molecule has 0 aliphatic rings. The third kappa shape index (κ3) is 7.94. The minimum absolute atomic E-state index is 0.135. The second-order valence-electron chi connectivity index (χ2n) is 6.52. The zero-order valence-corrected chi connectivity index (χ0v) is 14.4. The molecule has 7 nitrogen and oxygen atoms in total. The molecule has 0 aromatic heterocycles. The number of ether oxygens (including phenoxy) is 1. The second-order valence-corrected chi connectivity index (χ2v) is 6.52. The number of nitrogens with one attached hydrogen (secondary N) is 2. The molecule has 24 heavy (non-hydrogen) atoms. The smallest absolute Gasteiger partial charge is 0.408 e. The van der Waals surface area contributed by atoms with Crippen LogP contribution >= 0.6 is 0 Å². The first-order valence-corrected chi connectivity index (χ1v) is 7.91. The van der Waals surface area contributed by atoms with Crippen LogP contribution in [0.4, 0.5) is 4.79 Å². The van der Waals surface area contributed by atoms with E-state index >= 15 is 0 Å². The van der Waals surface area contributed by atoms with E-state index in [1.54, 1.807) is 20.8 Å². The number of benzene rings is 1. The Labute approximate surface area is 142 Å². The highest BCUT2D eigenvalue weighted by Crippen LogP contribution is 2.09.